The summed E-state index contributed by atoms with van der Waals surface area (Å²) in [5.41, 5.74) is 0. The van der Waals surface area contributed by atoms with Crippen LogP contribution >= 0.6 is 15.6 Å². The molecule has 0 aromatic rings. The molecule has 0 aromatic heterocycles. The van der Waals surface area contributed by atoms with Gasteiger partial charge in [0.05, 0.1) is 26.4 Å². The van der Waals surface area contributed by atoms with Gasteiger partial charge in [0.1, 0.15) is 19.3 Å². The molecule has 0 amide bonds. The molecule has 17 nitrogen and oxygen atoms in total. The Morgan fingerprint density at radius 3 is 0.824 bits per heavy atom. The molecule has 0 saturated carbocycles. The van der Waals surface area contributed by atoms with Crippen LogP contribution in [0.25, 0.3) is 0 Å². The molecule has 0 aliphatic heterocycles. The number of esters is 4. The van der Waals surface area contributed by atoms with Crippen LogP contribution in [-0.2, 0) is 65.4 Å². The van der Waals surface area contributed by atoms with Gasteiger partial charge in [0.25, 0.3) is 0 Å². The summed E-state index contributed by atoms with van der Waals surface area (Å²) < 4.78 is 68.4. The number of allylic oxidation sites excluding steroid dienone is 20. The molecule has 0 saturated heterocycles. The summed E-state index contributed by atoms with van der Waals surface area (Å²) in [6.45, 7) is 4.66. The molecular formula is C83H142O17P2. The first-order valence-corrected chi connectivity index (χ1v) is 42.8. The van der Waals surface area contributed by atoms with E-state index in [0.29, 0.717) is 38.5 Å². The molecule has 0 rings (SSSR count). The van der Waals surface area contributed by atoms with E-state index in [4.69, 9.17) is 37.0 Å². The Bertz CT molecular complexity index is 2410. The van der Waals surface area contributed by atoms with Crippen LogP contribution in [0, 0.1) is 0 Å². The fourth-order valence-corrected chi connectivity index (χ4v) is 11.8. The average molecular weight is 1470 g/mol. The highest BCUT2D eigenvalue weighted by Gasteiger charge is 2.30. The van der Waals surface area contributed by atoms with E-state index in [1.807, 2.05) is 24.3 Å². The van der Waals surface area contributed by atoms with Crippen molar-refractivity contribution in [2.75, 3.05) is 39.6 Å². The number of aliphatic hydroxyl groups excluding tert-OH is 1. The molecular weight excluding hydrogens is 1330 g/mol. The normalized spacial score (nSPS) is 14.5. The van der Waals surface area contributed by atoms with E-state index in [1.54, 1.807) is 0 Å². The van der Waals surface area contributed by atoms with Crippen molar-refractivity contribution in [2.45, 2.75) is 341 Å². The first-order chi connectivity index (χ1) is 49.7. The van der Waals surface area contributed by atoms with Gasteiger partial charge < -0.3 is 33.8 Å². The quantitative estimate of drug-likeness (QED) is 0.0169. The standard InChI is InChI=1S/C83H142O17P2/c1-5-9-13-17-21-25-29-33-36-38-41-45-48-52-56-60-64-68-81(86)94-74-79(100-83(88)70-66-62-58-54-50-46-42-39-37-34-30-26-22-18-14-10-6-2)76-98-102(91,92)96-72-77(84)71-95-101(89,90)97-75-78(99-82(87)69-65-61-57-53-49-43-32-28-24-20-16-12-8-4)73-93-80(85)67-63-59-55-51-47-44-40-35-31-27-23-19-15-11-7-3/h21,23,25,27-28,32-37,40-42,45-46,52,54,56,58,77-79,84H,5-20,22,24,26,29-31,38-39,43-44,47-51,53,55,57,59-76H2,1-4H3,(H,89,90)(H,91,92)/b25-21-,27-23-,32-28-,36-33-,37-34-,40-35-,45-41-,46-42-,56-52-,58-54-/t77?,78-,79-/m1/s1. The van der Waals surface area contributed by atoms with Crippen LogP contribution in [-0.4, -0.2) is 96.7 Å². The molecule has 586 valence electrons. The Hall–Kier alpha value is -4.54. The van der Waals surface area contributed by atoms with Crippen molar-refractivity contribution >= 4 is 39.5 Å². The van der Waals surface area contributed by atoms with Gasteiger partial charge in [0.2, 0.25) is 0 Å². The van der Waals surface area contributed by atoms with Crippen LogP contribution < -0.4 is 0 Å². The van der Waals surface area contributed by atoms with E-state index in [0.717, 1.165) is 128 Å². The maximum absolute atomic E-state index is 13.1. The van der Waals surface area contributed by atoms with Gasteiger partial charge in [-0.25, -0.2) is 9.13 Å². The molecule has 0 fully saturated rings. The number of hydrogen-bond donors (Lipinski definition) is 3. The molecule has 3 unspecified atom stereocenters. The number of phosphoric acid groups is 2. The van der Waals surface area contributed by atoms with Crippen molar-refractivity contribution in [3.05, 3.63) is 122 Å². The Morgan fingerprint density at radius 2 is 0.490 bits per heavy atom. The fraction of sp³-hybridized carbons (Fsp3) is 0.711. The zero-order chi connectivity index (χ0) is 74.6. The summed E-state index contributed by atoms with van der Waals surface area (Å²) in [7, 11) is -9.99. The van der Waals surface area contributed by atoms with E-state index in [9.17, 15) is 43.2 Å². The number of hydrogen-bond acceptors (Lipinski definition) is 15. The average Bonchev–Trinajstić information content (AvgIpc) is 0.959. The Morgan fingerprint density at radius 1 is 0.275 bits per heavy atom. The Balaban J connectivity index is 5.46. The Labute approximate surface area is 619 Å². The highest BCUT2D eigenvalue weighted by Crippen LogP contribution is 2.45. The molecule has 0 radical (unpaired) electrons. The van der Waals surface area contributed by atoms with Crippen LogP contribution in [0.3, 0.4) is 0 Å². The lowest BCUT2D eigenvalue weighted by molar-refractivity contribution is -0.161. The van der Waals surface area contributed by atoms with Crippen molar-refractivity contribution < 1.29 is 80.2 Å². The predicted molar refractivity (Wildman–Crippen MR) is 418 cm³/mol. The summed E-state index contributed by atoms with van der Waals surface area (Å²) in [5, 5.41) is 10.6. The van der Waals surface area contributed by atoms with Gasteiger partial charge in [-0.05, 0) is 154 Å². The summed E-state index contributed by atoms with van der Waals surface area (Å²) in [6, 6.07) is 0. The maximum Gasteiger partial charge on any atom is 0.472 e. The molecule has 102 heavy (non-hydrogen) atoms. The number of rotatable bonds is 74. The molecule has 5 atom stereocenters. The summed E-state index contributed by atoms with van der Waals surface area (Å²) in [6.07, 6.45) is 82.0. The highest BCUT2D eigenvalue weighted by molar-refractivity contribution is 7.47. The van der Waals surface area contributed by atoms with Gasteiger partial charge in [-0.15, -0.1) is 0 Å². The van der Waals surface area contributed by atoms with E-state index >= 15 is 0 Å². The van der Waals surface area contributed by atoms with Crippen LogP contribution in [0.2, 0.25) is 0 Å². The van der Waals surface area contributed by atoms with Gasteiger partial charge in [-0.2, -0.15) is 0 Å². The summed E-state index contributed by atoms with van der Waals surface area (Å²) in [5.74, 6) is -2.32. The minimum atomic E-state index is -5.00. The van der Waals surface area contributed by atoms with Gasteiger partial charge in [-0.1, -0.05) is 265 Å². The molecule has 0 aliphatic rings. The number of carbonyl (C=O) groups is 4. The predicted octanol–water partition coefficient (Wildman–Crippen LogP) is 23.1. The molecule has 0 aliphatic carbocycles. The lowest BCUT2D eigenvalue weighted by atomic mass is 10.1. The molecule has 3 N–H and O–H groups in total. The van der Waals surface area contributed by atoms with E-state index in [1.165, 1.54) is 103 Å². The largest absolute Gasteiger partial charge is 0.472 e. The molecule has 0 spiro atoms. The van der Waals surface area contributed by atoms with Crippen LogP contribution in [0.4, 0.5) is 0 Å². The van der Waals surface area contributed by atoms with Gasteiger partial charge in [0, 0.05) is 25.7 Å². The van der Waals surface area contributed by atoms with Crippen molar-refractivity contribution in [2.24, 2.45) is 0 Å². The van der Waals surface area contributed by atoms with Gasteiger partial charge in [0.15, 0.2) is 12.2 Å². The smallest absolute Gasteiger partial charge is 0.462 e. The van der Waals surface area contributed by atoms with E-state index < -0.39 is 97.5 Å². The molecule has 19 heteroatoms. The first-order valence-electron chi connectivity index (χ1n) is 39.8. The second kappa shape index (κ2) is 74.7. The van der Waals surface area contributed by atoms with Crippen molar-refractivity contribution in [1.82, 2.24) is 0 Å². The highest BCUT2D eigenvalue weighted by atomic mass is 31.2. The van der Waals surface area contributed by atoms with Crippen molar-refractivity contribution in [1.29, 1.82) is 0 Å². The van der Waals surface area contributed by atoms with Gasteiger partial charge >= 0.3 is 39.5 Å². The lowest BCUT2D eigenvalue weighted by Crippen LogP contribution is -2.30. The summed E-state index contributed by atoms with van der Waals surface area (Å²) in [4.78, 5) is 72.9. The third-order valence-electron chi connectivity index (χ3n) is 16.4. The number of aliphatic hydroxyl groups is 1. The number of ether oxygens (including phenoxy) is 4. The van der Waals surface area contributed by atoms with E-state index in [-0.39, 0.29) is 25.7 Å². The SMILES string of the molecule is CCCCC/C=C\C/C=C\C/C=C\C/C=C\CCCC(=O)OC[C@H](COP(=O)(O)OCC(O)COP(=O)(O)OC[C@@H](COC(=O)CCCCCCC/C=C\C/C=C\CCCCC)OC(=O)CCCCCCC/C=C\CCCCCC)OC(=O)CCC/C=C\C/C=C\C/C=C\CCCCCCCC. The maximum atomic E-state index is 13.1. The van der Waals surface area contributed by atoms with Gasteiger partial charge in [-0.3, -0.25) is 37.3 Å². The molecule has 0 aromatic carbocycles. The zero-order valence-electron chi connectivity index (χ0n) is 64.0. The molecule has 0 bridgehead atoms. The minimum absolute atomic E-state index is 0.00948. The summed E-state index contributed by atoms with van der Waals surface area (Å²) >= 11 is 0. The second-order valence-corrected chi connectivity index (χ2v) is 29.2. The van der Waals surface area contributed by atoms with Crippen molar-refractivity contribution in [3.8, 4) is 0 Å². The zero-order valence-corrected chi connectivity index (χ0v) is 65.8. The van der Waals surface area contributed by atoms with Crippen LogP contribution in [0.1, 0.15) is 323 Å². The first kappa shape index (κ1) is 97.5. The van der Waals surface area contributed by atoms with E-state index in [2.05, 4.69) is 125 Å². The second-order valence-electron chi connectivity index (χ2n) is 26.3. The fourth-order valence-electron chi connectivity index (χ4n) is 10.3. The molecule has 0 heterocycles. The van der Waals surface area contributed by atoms with Crippen LogP contribution in [0.15, 0.2) is 122 Å². The monoisotopic (exact) mass is 1470 g/mol. The van der Waals surface area contributed by atoms with Crippen molar-refractivity contribution in [3.63, 3.8) is 0 Å². The third-order valence-corrected chi connectivity index (χ3v) is 18.3. The third kappa shape index (κ3) is 73.8. The number of unbranched alkanes of at least 4 members (excludes halogenated alkanes) is 28. The number of phosphoric ester groups is 2. The lowest BCUT2D eigenvalue weighted by Gasteiger charge is -2.21. The Kier molecular flexibility index (Phi) is 71.4. The van der Waals surface area contributed by atoms with Crippen LogP contribution in [0.5, 0.6) is 0 Å². The topological polar surface area (TPSA) is 237 Å². The minimum Gasteiger partial charge on any atom is -0.462 e. The number of carbonyl (C=O) groups excluding carboxylic acids is 4.